The number of rotatable bonds is 4. The van der Waals surface area contributed by atoms with Gasteiger partial charge in [-0.1, -0.05) is 6.58 Å². The number of nitrogens with one attached hydrogen (secondary N) is 2. The molecule has 2 aliphatic heterocycles. The number of carbonyl (C=O) groups excluding carboxylic acids is 1. The fourth-order valence-corrected chi connectivity index (χ4v) is 6.60. The number of aromatic nitrogens is 2. The van der Waals surface area contributed by atoms with Crippen LogP contribution in [0.15, 0.2) is 43.1 Å². The maximum atomic E-state index is 12.8. The number of pyridine rings is 2. The first-order valence-corrected chi connectivity index (χ1v) is 13.6. The van der Waals surface area contributed by atoms with E-state index in [9.17, 15) is 4.79 Å². The van der Waals surface area contributed by atoms with Gasteiger partial charge in [0.2, 0.25) is 0 Å². The zero-order chi connectivity index (χ0) is 25.7. The quantitative estimate of drug-likeness (QED) is 0.385. The van der Waals surface area contributed by atoms with Gasteiger partial charge in [0.15, 0.2) is 0 Å². The van der Waals surface area contributed by atoms with Crippen molar-refractivity contribution >= 4 is 50.0 Å². The van der Waals surface area contributed by atoms with Crippen LogP contribution < -0.4 is 10.6 Å². The Bertz CT molecular complexity index is 1520. The second-order valence-corrected chi connectivity index (χ2v) is 11.2. The lowest BCUT2D eigenvalue weighted by Crippen LogP contribution is -2.44. The van der Waals surface area contributed by atoms with Gasteiger partial charge in [0.1, 0.15) is 4.88 Å². The summed E-state index contributed by atoms with van der Waals surface area (Å²) in [7, 11) is 0. The smallest absolute Gasteiger partial charge is 0.263 e. The van der Waals surface area contributed by atoms with Gasteiger partial charge in [-0.15, -0.1) is 11.3 Å². The minimum atomic E-state index is -0.0171. The van der Waals surface area contributed by atoms with Crippen LogP contribution in [0.5, 0.6) is 0 Å². The number of amides is 1. The van der Waals surface area contributed by atoms with Crippen molar-refractivity contribution in [3.05, 3.63) is 59.2 Å². The maximum absolute atomic E-state index is 12.8. The predicted octanol–water partition coefficient (Wildman–Crippen LogP) is 5.31. The molecule has 0 bridgehead atoms. The Balaban J connectivity index is 1.43. The molecule has 37 heavy (non-hydrogen) atoms. The van der Waals surface area contributed by atoms with Crippen molar-refractivity contribution in [3.63, 3.8) is 0 Å². The van der Waals surface area contributed by atoms with Crippen LogP contribution in [0.4, 0.5) is 5.69 Å². The van der Waals surface area contributed by atoms with E-state index < -0.39 is 0 Å². The van der Waals surface area contributed by atoms with Gasteiger partial charge in [0, 0.05) is 59.5 Å². The third-order valence-electron chi connectivity index (χ3n) is 7.07. The molecule has 190 valence electrons. The largest absolute Gasteiger partial charge is 0.381 e. The summed E-state index contributed by atoms with van der Waals surface area (Å²) in [5.74, 6) is -0.0171. The van der Waals surface area contributed by atoms with Crippen molar-refractivity contribution in [3.8, 4) is 11.3 Å². The fourth-order valence-electron chi connectivity index (χ4n) is 5.51. The van der Waals surface area contributed by atoms with E-state index in [0.29, 0.717) is 6.54 Å². The summed E-state index contributed by atoms with van der Waals surface area (Å²) in [6, 6.07) is 10.5. The first kappa shape index (κ1) is 24.0. The fraction of sp³-hybridized carbons (Fsp3) is 0.345. The highest BCUT2D eigenvalue weighted by Gasteiger charge is 2.26. The Morgan fingerprint density at radius 2 is 2.00 bits per heavy atom. The number of hydrogen-bond donors (Lipinski definition) is 2. The van der Waals surface area contributed by atoms with Gasteiger partial charge in [-0.25, -0.2) is 4.98 Å². The lowest BCUT2D eigenvalue weighted by Gasteiger charge is -2.35. The summed E-state index contributed by atoms with van der Waals surface area (Å²) < 4.78 is 7.01. The molecular weight excluding hydrogens is 482 g/mol. The first-order chi connectivity index (χ1) is 17.9. The van der Waals surface area contributed by atoms with Gasteiger partial charge in [-0.3, -0.25) is 14.7 Å². The molecule has 2 aliphatic rings. The van der Waals surface area contributed by atoms with Gasteiger partial charge in [-0.05, 0) is 62.7 Å². The average molecular weight is 514 g/mol. The Kier molecular flexibility index (Phi) is 6.18. The lowest BCUT2D eigenvalue weighted by atomic mass is 10.0. The monoisotopic (exact) mass is 513 g/mol. The van der Waals surface area contributed by atoms with Crippen molar-refractivity contribution in [2.45, 2.75) is 45.6 Å². The predicted molar refractivity (Wildman–Crippen MR) is 151 cm³/mol. The molecule has 1 saturated heterocycles. The minimum Gasteiger partial charge on any atom is -0.381 e. The number of carbonyl (C=O) groups is 1. The Hall–Kier alpha value is -3.33. The standard InChI is InChI=1S/C29H31N5O2S/c1-5-20-10-22(19(12-30-20)15-34-13-17(3)36-18(4)14-34)24-7-6-21-23(33-24)8-9-25-26(21)27-28(37-25)29(35)32-16(2)11-31-27/h5-10,12,16-18,31H,1,11,13-15H2,2-4H3,(H,32,35)/t16-,17-,18+/m1/s1. The average Bonchev–Trinajstić information content (AvgIpc) is 3.19. The van der Waals surface area contributed by atoms with Crippen molar-refractivity contribution in [1.82, 2.24) is 20.2 Å². The van der Waals surface area contributed by atoms with Gasteiger partial charge in [0.05, 0.1) is 34.8 Å². The summed E-state index contributed by atoms with van der Waals surface area (Å²) >= 11 is 1.53. The molecule has 8 heteroatoms. The maximum Gasteiger partial charge on any atom is 0.263 e. The molecule has 3 atom stereocenters. The molecule has 0 radical (unpaired) electrons. The van der Waals surface area contributed by atoms with Crippen LogP contribution in [0.3, 0.4) is 0 Å². The van der Waals surface area contributed by atoms with Crippen LogP contribution in [0.25, 0.3) is 38.3 Å². The van der Waals surface area contributed by atoms with Crippen LogP contribution in [-0.4, -0.2) is 58.7 Å². The molecular formula is C29H31N5O2S. The van der Waals surface area contributed by atoms with Crippen LogP contribution >= 0.6 is 11.3 Å². The summed E-state index contributed by atoms with van der Waals surface area (Å²) in [5, 5.41) is 8.68. The molecule has 6 rings (SSSR count). The molecule has 0 spiro atoms. The minimum absolute atomic E-state index is 0.0171. The topological polar surface area (TPSA) is 79.4 Å². The third kappa shape index (κ3) is 4.50. The van der Waals surface area contributed by atoms with Crippen molar-refractivity contribution in [1.29, 1.82) is 0 Å². The van der Waals surface area contributed by atoms with Gasteiger partial charge in [0.25, 0.3) is 5.91 Å². The zero-order valence-electron chi connectivity index (χ0n) is 21.4. The second kappa shape index (κ2) is 9.52. The molecule has 4 aromatic rings. The molecule has 1 amide bonds. The van der Waals surface area contributed by atoms with E-state index in [1.54, 1.807) is 6.08 Å². The molecule has 1 fully saturated rings. The number of nitrogens with zero attached hydrogens (tertiary/aromatic N) is 3. The van der Waals surface area contributed by atoms with E-state index in [1.165, 1.54) is 11.3 Å². The summed E-state index contributed by atoms with van der Waals surface area (Å²) in [4.78, 5) is 25.7. The molecule has 0 saturated carbocycles. The number of benzene rings is 1. The van der Waals surface area contributed by atoms with Crippen molar-refractivity contribution < 1.29 is 9.53 Å². The number of ether oxygens (including phenoxy) is 1. The van der Waals surface area contributed by atoms with Crippen LogP contribution in [0.2, 0.25) is 0 Å². The molecule has 7 nitrogen and oxygen atoms in total. The van der Waals surface area contributed by atoms with Crippen LogP contribution in [0.1, 0.15) is 41.7 Å². The zero-order valence-corrected chi connectivity index (χ0v) is 22.2. The number of thiophene rings is 1. The Morgan fingerprint density at radius 3 is 2.78 bits per heavy atom. The number of fused-ring (bicyclic) bond motifs is 5. The second-order valence-electron chi connectivity index (χ2n) is 10.2. The Labute approximate surface area is 220 Å². The number of morpholine rings is 1. The molecule has 3 aromatic heterocycles. The first-order valence-electron chi connectivity index (χ1n) is 12.8. The molecule has 5 heterocycles. The summed E-state index contributed by atoms with van der Waals surface area (Å²) in [6.07, 6.45) is 4.13. The SMILES string of the molecule is C=Cc1cc(-c2ccc3c(ccc4sc5c(c43)NC[C@@H](C)NC5=O)n2)c(CN2C[C@@H](C)O[C@@H](C)C2)cn1. The van der Waals surface area contributed by atoms with E-state index in [4.69, 9.17) is 9.72 Å². The molecule has 0 unspecified atom stereocenters. The van der Waals surface area contributed by atoms with E-state index in [0.717, 1.165) is 73.7 Å². The van der Waals surface area contributed by atoms with Crippen LogP contribution in [0, 0.1) is 0 Å². The summed E-state index contributed by atoms with van der Waals surface area (Å²) in [6.45, 7) is 13.4. The van der Waals surface area contributed by atoms with Gasteiger partial charge in [-0.2, -0.15) is 0 Å². The summed E-state index contributed by atoms with van der Waals surface area (Å²) in [5.41, 5.74) is 5.75. The van der Waals surface area contributed by atoms with Gasteiger partial charge < -0.3 is 15.4 Å². The Morgan fingerprint density at radius 1 is 1.19 bits per heavy atom. The number of hydrogen-bond acceptors (Lipinski definition) is 7. The highest BCUT2D eigenvalue weighted by molar-refractivity contribution is 7.21. The molecule has 0 aliphatic carbocycles. The van der Waals surface area contributed by atoms with E-state index in [2.05, 4.69) is 71.3 Å². The van der Waals surface area contributed by atoms with Crippen LogP contribution in [-0.2, 0) is 11.3 Å². The molecule has 2 N–H and O–H groups in total. The van der Waals surface area contributed by atoms with E-state index in [1.807, 2.05) is 13.1 Å². The highest BCUT2D eigenvalue weighted by Crippen LogP contribution is 2.41. The normalized spacial score (nSPS) is 22.4. The van der Waals surface area contributed by atoms with E-state index in [-0.39, 0.29) is 24.2 Å². The number of anilines is 1. The van der Waals surface area contributed by atoms with Crippen molar-refractivity contribution in [2.24, 2.45) is 0 Å². The third-order valence-corrected chi connectivity index (χ3v) is 8.23. The highest BCUT2D eigenvalue weighted by atomic mass is 32.1. The van der Waals surface area contributed by atoms with E-state index >= 15 is 0 Å². The van der Waals surface area contributed by atoms with Gasteiger partial charge >= 0.3 is 0 Å². The lowest BCUT2D eigenvalue weighted by molar-refractivity contribution is -0.0704. The molecule has 1 aromatic carbocycles. The van der Waals surface area contributed by atoms with Crippen molar-refractivity contribution in [2.75, 3.05) is 25.0 Å².